The van der Waals surface area contributed by atoms with Gasteiger partial charge in [0.05, 0.1) is 0 Å². The molecule has 0 unspecified atom stereocenters. The van der Waals surface area contributed by atoms with Crippen molar-refractivity contribution in [3.63, 3.8) is 0 Å². The zero-order chi connectivity index (χ0) is 48.4. The number of aryl methyl sites for hydroxylation is 2. The van der Waals surface area contributed by atoms with Gasteiger partial charge in [0.15, 0.2) is 24.2 Å². The Hall–Kier alpha value is -7.93. The van der Waals surface area contributed by atoms with Crippen LogP contribution in [0, 0.1) is 13.8 Å². The Morgan fingerprint density at radius 2 is 0.310 bits per heavy atom. The third kappa shape index (κ3) is 8.74. The SMILES string of the molecule is Cc1ccccc1[Si](c1ccccc1)(c1ccccc1)c1ccccc1C.c1ccc([Si](c2ccccc2)(c2ccccc2)c2ccc([Si](c3ccccc3)(c3ccccc3)c3ccccc3)cc2)cc1. The summed E-state index contributed by atoms with van der Waals surface area (Å²) in [5, 5.41) is 16.9. The van der Waals surface area contributed by atoms with E-state index in [1.54, 1.807) is 0 Å². The van der Waals surface area contributed by atoms with Crippen LogP contribution in [-0.2, 0) is 0 Å². The van der Waals surface area contributed by atoms with E-state index in [9.17, 15) is 0 Å². The maximum Gasteiger partial charge on any atom is 0.180 e. The summed E-state index contributed by atoms with van der Waals surface area (Å²) >= 11 is 0. The maximum atomic E-state index is 2.45. The topological polar surface area (TPSA) is 0 Å². The van der Waals surface area contributed by atoms with Gasteiger partial charge < -0.3 is 0 Å². The van der Waals surface area contributed by atoms with Crippen LogP contribution < -0.4 is 62.2 Å². The van der Waals surface area contributed by atoms with Crippen molar-refractivity contribution in [1.29, 1.82) is 0 Å². The standard InChI is InChI=1S/C42H34Si2.C26H24Si/c1-7-19-35(20-8-1)43(36-21-9-2-10-22-36,37-23-11-3-12-24-37)41-31-33-42(34-32-41)44(38-25-13-4-14-26-38,39-27-15-5-16-28-39)40-29-17-6-18-30-40;1-21-13-9-11-19-25(21)27(23-15-5-3-6-16-23,24-17-7-4-8-18-24)26-20-12-10-14-22(26)2/h1-34H;3-20H,1-2H3. The Morgan fingerprint density at radius 1 is 0.155 bits per heavy atom. The lowest BCUT2D eigenvalue weighted by molar-refractivity contribution is 1.48. The minimum Gasteiger partial charge on any atom is -0.0623 e. The highest BCUT2D eigenvalue weighted by molar-refractivity contribution is 7.21. The highest BCUT2D eigenvalue weighted by atomic mass is 28.3. The first kappa shape index (κ1) is 46.8. The number of rotatable bonds is 12. The second-order valence-corrected chi connectivity index (χ2v) is 29.7. The van der Waals surface area contributed by atoms with E-state index in [1.165, 1.54) is 73.4 Å². The fourth-order valence-corrected chi connectivity index (χ4v) is 26.2. The first-order valence-corrected chi connectivity index (χ1v) is 30.8. The van der Waals surface area contributed by atoms with Gasteiger partial charge in [0, 0.05) is 0 Å². The molecule has 0 saturated heterocycles. The lowest BCUT2D eigenvalue weighted by Crippen LogP contribution is -2.76. The van der Waals surface area contributed by atoms with Crippen LogP contribution in [0.4, 0.5) is 0 Å². The van der Waals surface area contributed by atoms with Gasteiger partial charge in [0.2, 0.25) is 0 Å². The molecular weight excluding hydrogens is 901 g/mol. The molecule has 0 nitrogen and oxygen atoms in total. The Balaban J connectivity index is 0.000000184. The molecule has 0 aromatic heterocycles. The molecule has 0 atom stereocenters. The van der Waals surface area contributed by atoms with Crippen molar-refractivity contribution >= 4 is 86.5 Å². The molecule has 0 spiro atoms. The molecule has 11 aromatic rings. The fraction of sp³-hybridized carbons (Fsp3) is 0.0294. The van der Waals surface area contributed by atoms with E-state index in [0.717, 1.165) is 0 Å². The average Bonchev–Trinajstić information content (AvgIpc) is 3.45. The monoisotopic (exact) mass is 958 g/mol. The fourth-order valence-electron chi connectivity index (χ4n) is 11.4. The second kappa shape index (κ2) is 21.4. The van der Waals surface area contributed by atoms with Crippen LogP contribution in [0.25, 0.3) is 0 Å². The van der Waals surface area contributed by atoms with E-state index < -0.39 is 24.2 Å². The number of hydrogen-bond donors (Lipinski definition) is 0. The number of hydrogen-bond acceptors (Lipinski definition) is 0. The van der Waals surface area contributed by atoms with Gasteiger partial charge in [0.1, 0.15) is 0 Å². The quantitative estimate of drug-likeness (QED) is 0.0859. The largest absolute Gasteiger partial charge is 0.180 e. The summed E-state index contributed by atoms with van der Waals surface area (Å²) in [7, 11) is -7.60. The predicted octanol–water partition coefficient (Wildman–Crippen LogP) is 8.12. The lowest BCUT2D eigenvalue weighted by atomic mass is 10.2. The van der Waals surface area contributed by atoms with Crippen LogP contribution in [0.15, 0.2) is 315 Å². The summed E-state index contributed by atoms with van der Waals surface area (Å²) in [4.78, 5) is 0. The van der Waals surface area contributed by atoms with Crippen LogP contribution in [-0.4, -0.2) is 24.2 Å². The van der Waals surface area contributed by atoms with Crippen LogP contribution in [0.3, 0.4) is 0 Å². The summed E-state index contributed by atoms with van der Waals surface area (Å²) in [5.74, 6) is 0. The third-order valence-corrected chi connectivity index (χ3v) is 29.2. The molecule has 11 rings (SSSR count). The van der Waals surface area contributed by atoms with Gasteiger partial charge in [-0.1, -0.05) is 327 Å². The van der Waals surface area contributed by atoms with Crippen LogP contribution in [0.5, 0.6) is 0 Å². The van der Waals surface area contributed by atoms with E-state index >= 15 is 0 Å². The first-order valence-electron chi connectivity index (χ1n) is 24.8. The maximum absolute atomic E-state index is 2.60. The normalized spacial score (nSPS) is 11.5. The van der Waals surface area contributed by atoms with Crippen molar-refractivity contribution in [2.75, 3.05) is 0 Å². The molecule has 0 saturated carbocycles. The molecule has 0 bridgehead atoms. The zero-order valence-corrected chi connectivity index (χ0v) is 43.5. The van der Waals surface area contributed by atoms with Gasteiger partial charge in [-0.15, -0.1) is 0 Å². The molecule has 0 fully saturated rings. The van der Waals surface area contributed by atoms with Gasteiger partial charge in [-0.25, -0.2) is 0 Å². The van der Waals surface area contributed by atoms with Crippen molar-refractivity contribution in [3.05, 3.63) is 327 Å². The van der Waals surface area contributed by atoms with Crippen molar-refractivity contribution in [2.24, 2.45) is 0 Å². The minimum atomic E-state index is -2.60. The van der Waals surface area contributed by atoms with Crippen molar-refractivity contribution in [1.82, 2.24) is 0 Å². The lowest BCUT2D eigenvalue weighted by Gasteiger charge is -2.37. The summed E-state index contributed by atoms with van der Waals surface area (Å²) in [6, 6.07) is 117. The molecule has 342 valence electrons. The molecule has 0 aliphatic carbocycles. The van der Waals surface area contributed by atoms with E-state index in [-0.39, 0.29) is 0 Å². The van der Waals surface area contributed by atoms with Gasteiger partial charge in [-0.2, -0.15) is 0 Å². The predicted molar refractivity (Wildman–Crippen MR) is 313 cm³/mol. The Kier molecular flexibility index (Phi) is 14.1. The molecule has 0 aliphatic rings. The number of benzene rings is 11. The summed E-state index contributed by atoms with van der Waals surface area (Å²) in [6.07, 6.45) is 0. The molecule has 0 radical (unpaired) electrons. The zero-order valence-electron chi connectivity index (χ0n) is 40.5. The third-order valence-electron chi connectivity index (χ3n) is 14.5. The van der Waals surface area contributed by atoms with Crippen LogP contribution in [0.1, 0.15) is 11.1 Å². The summed E-state index contributed by atoms with van der Waals surface area (Å²) in [5.41, 5.74) is 2.72. The second-order valence-electron chi connectivity index (χ2n) is 18.4. The molecule has 0 aliphatic heterocycles. The minimum absolute atomic E-state index is 1.36. The van der Waals surface area contributed by atoms with Crippen molar-refractivity contribution in [3.8, 4) is 0 Å². The van der Waals surface area contributed by atoms with Crippen LogP contribution in [0.2, 0.25) is 0 Å². The first-order chi connectivity index (χ1) is 35.1. The Labute approximate surface area is 424 Å². The highest BCUT2D eigenvalue weighted by Crippen LogP contribution is 2.16. The molecule has 71 heavy (non-hydrogen) atoms. The Bertz CT molecular complexity index is 2960. The molecule has 11 aromatic carbocycles. The molecular formula is C68H58Si3. The van der Waals surface area contributed by atoms with Gasteiger partial charge >= 0.3 is 0 Å². The Morgan fingerprint density at radius 3 is 0.507 bits per heavy atom. The van der Waals surface area contributed by atoms with Gasteiger partial charge in [-0.05, 0) is 76.1 Å². The van der Waals surface area contributed by atoms with Crippen molar-refractivity contribution in [2.45, 2.75) is 13.8 Å². The van der Waals surface area contributed by atoms with Gasteiger partial charge in [0.25, 0.3) is 0 Å². The van der Waals surface area contributed by atoms with E-state index in [2.05, 4.69) is 329 Å². The highest BCUT2D eigenvalue weighted by Gasteiger charge is 2.45. The van der Waals surface area contributed by atoms with Crippen molar-refractivity contribution < 1.29 is 0 Å². The summed E-state index contributed by atoms with van der Waals surface area (Å²) < 4.78 is 0. The van der Waals surface area contributed by atoms with Gasteiger partial charge in [-0.3, -0.25) is 0 Å². The molecule has 0 N–H and O–H groups in total. The van der Waals surface area contributed by atoms with E-state index in [1.807, 2.05) is 0 Å². The average molecular weight is 959 g/mol. The van der Waals surface area contributed by atoms with E-state index in [4.69, 9.17) is 0 Å². The molecule has 0 amide bonds. The van der Waals surface area contributed by atoms with E-state index in [0.29, 0.717) is 0 Å². The molecule has 0 heterocycles. The van der Waals surface area contributed by atoms with Crippen LogP contribution >= 0.6 is 0 Å². The summed E-state index contributed by atoms with van der Waals surface area (Å²) in [6.45, 7) is 4.50. The smallest absolute Gasteiger partial charge is 0.0623 e. The molecule has 3 heteroatoms.